The number of nitrogens with one attached hydrogen (secondary N) is 1. The molecule has 1 saturated heterocycles. The Labute approximate surface area is 114 Å². The summed E-state index contributed by atoms with van der Waals surface area (Å²) in [5.74, 6) is 0.975. The highest BCUT2D eigenvalue weighted by molar-refractivity contribution is 4.78. The number of nitrogens with zero attached hydrogens (tertiary/aromatic N) is 1. The van der Waals surface area contributed by atoms with E-state index < -0.39 is 0 Å². The van der Waals surface area contributed by atoms with Crippen LogP contribution in [-0.2, 0) is 0 Å². The molecule has 1 heterocycles. The monoisotopic (exact) mass is 252 g/mol. The Hall–Kier alpha value is -0.0800. The summed E-state index contributed by atoms with van der Waals surface area (Å²) in [5, 5.41) is 3.86. The van der Waals surface area contributed by atoms with Gasteiger partial charge in [-0.15, -0.1) is 0 Å². The van der Waals surface area contributed by atoms with Crippen molar-refractivity contribution >= 4 is 0 Å². The second kappa shape index (κ2) is 7.49. The molecule has 2 heteroatoms. The molecule has 0 spiro atoms. The van der Waals surface area contributed by atoms with Crippen molar-refractivity contribution in [3.05, 3.63) is 0 Å². The zero-order valence-corrected chi connectivity index (χ0v) is 12.5. The minimum absolute atomic E-state index is 0.724. The van der Waals surface area contributed by atoms with Crippen LogP contribution < -0.4 is 5.32 Å². The fourth-order valence-corrected chi connectivity index (χ4v) is 3.56. The van der Waals surface area contributed by atoms with Gasteiger partial charge in [0, 0.05) is 12.1 Å². The van der Waals surface area contributed by atoms with Crippen molar-refractivity contribution in [2.75, 3.05) is 19.6 Å². The highest BCUT2D eigenvalue weighted by atomic mass is 15.1. The van der Waals surface area contributed by atoms with Gasteiger partial charge < -0.3 is 10.2 Å². The lowest BCUT2D eigenvalue weighted by Crippen LogP contribution is -2.36. The SMILES string of the molecule is CC(C)N1CCCC(NCC2CCCCC2)CC1. The molecule has 1 N–H and O–H groups in total. The Morgan fingerprint density at radius 2 is 1.72 bits per heavy atom. The number of hydrogen-bond donors (Lipinski definition) is 1. The van der Waals surface area contributed by atoms with Gasteiger partial charge in [0.2, 0.25) is 0 Å². The molecule has 1 atom stereocenters. The molecule has 0 aromatic heterocycles. The van der Waals surface area contributed by atoms with E-state index in [0.717, 1.165) is 18.0 Å². The topological polar surface area (TPSA) is 15.3 Å². The van der Waals surface area contributed by atoms with E-state index in [9.17, 15) is 0 Å². The van der Waals surface area contributed by atoms with E-state index in [1.165, 1.54) is 71.0 Å². The van der Waals surface area contributed by atoms with E-state index >= 15 is 0 Å². The van der Waals surface area contributed by atoms with Gasteiger partial charge in [0.25, 0.3) is 0 Å². The quantitative estimate of drug-likeness (QED) is 0.825. The average Bonchev–Trinajstić information content (AvgIpc) is 2.63. The second-order valence-electron chi connectivity index (χ2n) is 6.67. The van der Waals surface area contributed by atoms with Crippen LogP contribution >= 0.6 is 0 Å². The Balaban J connectivity index is 1.66. The molecule has 0 aromatic rings. The van der Waals surface area contributed by atoms with Crippen LogP contribution in [0.2, 0.25) is 0 Å². The van der Waals surface area contributed by atoms with Crippen molar-refractivity contribution in [3.8, 4) is 0 Å². The molecular formula is C16H32N2. The Morgan fingerprint density at radius 3 is 2.44 bits per heavy atom. The summed E-state index contributed by atoms with van der Waals surface area (Å²) in [6.45, 7) is 8.54. The van der Waals surface area contributed by atoms with Crippen LogP contribution in [0.25, 0.3) is 0 Å². The molecule has 2 fully saturated rings. The third-order valence-corrected chi connectivity index (χ3v) is 4.91. The summed E-state index contributed by atoms with van der Waals surface area (Å²) < 4.78 is 0. The molecule has 1 aliphatic heterocycles. The molecule has 1 unspecified atom stereocenters. The van der Waals surface area contributed by atoms with Gasteiger partial charge in [-0.3, -0.25) is 0 Å². The van der Waals surface area contributed by atoms with Crippen LogP contribution in [-0.4, -0.2) is 36.6 Å². The first-order valence-electron chi connectivity index (χ1n) is 8.23. The summed E-state index contributed by atoms with van der Waals surface area (Å²) in [6.07, 6.45) is 11.5. The highest BCUT2D eigenvalue weighted by Gasteiger charge is 2.20. The summed E-state index contributed by atoms with van der Waals surface area (Å²) >= 11 is 0. The van der Waals surface area contributed by atoms with Gasteiger partial charge in [0.05, 0.1) is 0 Å². The van der Waals surface area contributed by atoms with Gasteiger partial charge >= 0.3 is 0 Å². The third kappa shape index (κ3) is 4.55. The van der Waals surface area contributed by atoms with E-state index in [0.29, 0.717) is 0 Å². The molecule has 1 saturated carbocycles. The van der Waals surface area contributed by atoms with Crippen molar-refractivity contribution in [1.82, 2.24) is 10.2 Å². The van der Waals surface area contributed by atoms with Crippen LogP contribution in [0, 0.1) is 5.92 Å². The second-order valence-corrected chi connectivity index (χ2v) is 6.67. The van der Waals surface area contributed by atoms with Crippen LogP contribution in [0.4, 0.5) is 0 Å². The largest absolute Gasteiger partial charge is 0.314 e. The maximum absolute atomic E-state index is 3.86. The zero-order valence-electron chi connectivity index (χ0n) is 12.5. The van der Waals surface area contributed by atoms with Crippen molar-refractivity contribution in [2.24, 2.45) is 5.92 Å². The maximum Gasteiger partial charge on any atom is 0.00798 e. The van der Waals surface area contributed by atoms with Gasteiger partial charge in [-0.1, -0.05) is 19.3 Å². The van der Waals surface area contributed by atoms with E-state index in [4.69, 9.17) is 0 Å². The van der Waals surface area contributed by atoms with E-state index in [2.05, 4.69) is 24.1 Å². The lowest BCUT2D eigenvalue weighted by Gasteiger charge is -2.26. The fraction of sp³-hybridized carbons (Fsp3) is 1.00. The van der Waals surface area contributed by atoms with E-state index in [-0.39, 0.29) is 0 Å². The van der Waals surface area contributed by atoms with Gasteiger partial charge in [-0.2, -0.15) is 0 Å². The molecule has 18 heavy (non-hydrogen) atoms. The van der Waals surface area contributed by atoms with Gasteiger partial charge in [0.1, 0.15) is 0 Å². The molecule has 0 amide bonds. The first-order valence-corrected chi connectivity index (χ1v) is 8.23. The molecule has 2 rings (SSSR count). The molecule has 1 aliphatic carbocycles. The molecular weight excluding hydrogens is 220 g/mol. The van der Waals surface area contributed by atoms with E-state index in [1.54, 1.807) is 0 Å². The Morgan fingerprint density at radius 1 is 0.944 bits per heavy atom. The molecule has 106 valence electrons. The summed E-state index contributed by atoms with van der Waals surface area (Å²) in [4.78, 5) is 2.64. The smallest absolute Gasteiger partial charge is 0.00798 e. The minimum atomic E-state index is 0.724. The van der Waals surface area contributed by atoms with Gasteiger partial charge in [0.15, 0.2) is 0 Å². The van der Waals surface area contributed by atoms with Crippen LogP contribution in [0.3, 0.4) is 0 Å². The molecule has 0 aromatic carbocycles. The summed E-state index contributed by atoms with van der Waals surface area (Å²) in [6, 6.07) is 1.51. The molecule has 0 radical (unpaired) electrons. The number of rotatable bonds is 4. The van der Waals surface area contributed by atoms with Gasteiger partial charge in [-0.05, 0) is 71.5 Å². The van der Waals surface area contributed by atoms with Crippen LogP contribution in [0.5, 0.6) is 0 Å². The predicted molar refractivity (Wildman–Crippen MR) is 78.9 cm³/mol. The molecule has 2 aliphatic rings. The van der Waals surface area contributed by atoms with Crippen molar-refractivity contribution in [2.45, 2.75) is 77.3 Å². The molecule has 2 nitrogen and oxygen atoms in total. The lowest BCUT2D eigenvalue weighted by molar-refractivity contribution is 0.228. The zero-order chi connectivity index (χ0) is 12.8. The summed E-state index contributed by atoms with van der Waals surface area (Å²) in [5.41, 5.74) is 0. The number of hydrogen-bond acceptors (Lipinski definition) is 2. The Bertz CT molecular complexity index is 221. The molecule has 0 bridgehead atoms. The van der Waals surface area contributed by atoms with Crippen molar-refractivity contribution < 1.29 is 0 Å². The lowest BCUT2D eigenvalue weighted by atomic mass is 9.89. The average molecular weight is 252 g/mol. The minimum Gasteiger partial charge on any atom is -0.314 e. The maximum atomic E-state index is 3.86. The predicted octanol–water partition coefficient (Wildman–Crippen LogP) is 3.42. The normalized spacial score (nSPS) is 28.5. The van der Waals surface area contributed by atoms with Gasteiger partial charge in [-0.25, -0.2) is 0 Å². The third-order valence-electron chi connectivity index (χ3n) is 4.91. The standard InChI is InChI=1S/C16H32N2/c1-14(2)18-11-6-9-16(10-12-18)17-13-15-7-4-3-5-8-15/h14-17H,3-13H2,1-2H3. The first-order chi connectivity index (χ1) is 8.75. The van der Waals surface area contributed by atoms with Crippen molar-refractivity contribution in [3.63, 3.8) is 0 Å². The fourth-order valence-electron chi connectivity index (χ4n) is 3.56. The van der Waals surface area contributed by atoms with Crippen LogP contribution in [0.1, 0.15) is 65.2 Å². The Kier molecular flexibility index (Phi) is 5.97. The first kappa shape index (κ1) is 14.3. The number of likely N-dealkylation sites (tertiary alicyclic amines) is 1. The summed E-state index contributed by atoms with van der Waals surface area (Å²) in [7, 11) is 0. The van der Waals surface area contributed by atoms with E-state index in [1.807, 2.05) is 0 Å². The van der Waals surface area contributed by atoms with Crippen molar-refractivity contribution in [1.29, 1.82) is 0 Å². The highest BCUT2D eigenvalue weighted by Crippen LogP contribution is 2.23. The van der Waals surface area contributed by atoms with Crippen LogP contribution in [0.15, 0.2) is 0 Å².